The number of allylic oxidation sites excluding steroid dienone is 2. The van der Waals surface area contributed by atoms with Gasteiger partial charge in [-0.3, -0.25) is 19.8 Å². The van der Waals surface area contributed by atoms with E-state index in [1.54, 1.807) is 41.5 Å². The van der Waals surface area contributed by atoms with Gasteiger partial charge in [-0.15, -0.1) is 0 Å². The molecule has 0 N–H and O–H groups in total. The number of nitrogens with zero attached hydrogens (tertiary/aromatic N) is 4. The van der Waals surface area contributed by atoms with Crippen LogP contribution in [0.25, 0.3) is 22.3 Å². The van der Waals surface area contributed by atoms with Gasteiger partial charge in [-0.05, 0) is 74.9 Å². The zero-order valence-corrected chi connectivity index (χ0v) is 28.5. The van der Waals surface area contributed by atoms with Gasteiger partial charge < -0.3 is 9.47 Å². The van der Waals surface area contributed by atoms with Crippen LogP contribution in [0.4, 0.5) is 18.4 Å². The van der Waals surface area contributed by atoms with Gasteiger partial charge in [0, 0.05) is 49.5 Å². The molecular weight excluding hydrogens is 614 g/mol. The second-order valence-electron chi connectivity index (χ2n) is 15.0. The lowest BCUT2D eigenvalue weighted by Gasteiger charge is -2.28. The van der Waals surface area contributed by atoms with E-state index >= 15 is 0 Å². The molecule has 6 rings (SSSR count). The number of ether oxygens (including phenoxy) is 2. The summed E-state index contributed by atoms with van der Waals surface area (Å²) in [5.74, 6) is 0. The molecule has 2 aromatic rings. The second kappa shape index (κ2) is 12.9. The molecule has 0 bridgehead atoms. The van der Waals surface area contributed by atoms with Crippen molar-refractivity contribution in [1.29, 1.82) is 0 Å². The summed E-state index contributed by atoms with van der Waals surface area (Å²) in [4.78, 5) is 37.7. The number of alkyl halides is 2. The van der Waals surface area contributed by atoms with Crippen LogP contribution in [0.15, 0.2) is 70.9 Å². The van der Waals surface area contributed by atoms with Crippen molar-refractivity contribution in [3.63, 3.8) is 0 Å². The number of carbonyl (C=O) groups excluding carboxylic acids is 2. The summed E-state index contributed by atoms with van der Waals surface area (Å²) in [5.41, 5.74) is 6.45. The van der Waals surface area contributed by atoms with Crippen LogP contribution < -0.4 is 0 Å². The van der Waals surface area contributed by atoms with Crippen molar-refractivity contribution in [2.45, 2.75) is 103 Å². The predicted octanol–water partition coefficient (Wildman–Crippen LogP) is 8.42. The van der Waals surface area contributed by atoms with Crippen LogP contribution in [0.5, 0.6) is 0 Å². The van der Waals surface area contributed by atoms with Crippen LogP contribution >= 0.6 is 0 Å². The molecule has 4 heterocycles. The topological polar surface area (TPSA) is 83.8 Å². The molecule has 10 heteroatoms. The van der Waals surface area contributed by atoms with Gasteiger partial charge >= 0.3 is 12.2 Å². The molecule has 0 saturated carbocycles. The molecule has 4 aliphatic rings. The van der Waals surface area contributed by atoms with E-state index in [2.05, 4.69) is 58.5 Å². The molecule has 2 saturated heterocycles. The zero-order valence-electron chi connectivity index (χ0n) is 28.5. The predicted molar refractivity (Wildman–Crippen MR) is 184 cm³/mol. The normalized spacial score (nSPS) is 24.3. The highest BCUT2D eigenvalue weighted by atomic mass is 19.1. The third-order valence-electron chi connectivity index (χ3n) is 8.89. The number of rotatable bonds is 5. The van der Waals surface area contributed by atoms with Crippen molar-refractivity contribution < 1.29 is 27.8 Å². The maximum atomic E-state index is 14.4. The van der Waals surface area contributed by atoms with Crippen molar-refractivity contribution >= 4 is 34.8 Å². The fourth-order valence-corrected chi connectivity index (χ4v) is 6.65. The highest BCUT2D eigenvalue weighted by Gasteiger charge is 2.42. The van der Waals surface area contributed by atoms with Crippen molar-refractivity contribution in [2.75, 3.05) is 13.1 Å². The van der Waals surface area contributed by atoms with Gasteiger partial charge in [0.2, 0.25) is 0 Å². The first-order valence-corrected chi connectivity index (χ1v) is 16.6. The Morgan fingerprint density at radius 3 is 1.29 bits per heavy atom. The molecule has 254 valence electrons. The molecule has 4 aliphatic heterocycles. The lowest BCUT2D eigenvalue weighted by molar-refractivity contribution is 0.0246. The van der Waals surface area contributed by atoms with Gasteiger partial charge in [-0.25, -0.2) is 18.4 Å². The Morgan fingerprint density at radius 2 is 0.958 bits per heavy atom. The van der Waals surface area contributed by atoms with E-state index in [0.717, 1.165) is 44.8 Å². The first kappa shape index (κ1) is 33.6. The molecule has 0 radical (unpaired) electrons. The number of hydrogen-bond donors (Lipinski definition) is 0. The van der Waals surface area contributed by atoms with Gasteiger partial charge in [0.25, 0.3) is 0 Å². The Kier molecular flexibility index (Phi) is 9.04. The average Bonchev–Trinajstić information content (AvgIpc) is 3.81. The number of amides is 2. The van der Waals surface area contributed by atoms with E-state index in [9.17, 15) is 18.4 Å². The summed E-state index contributed by atoms with van der Waals surface area (Å²) in [6.45, 7) is 10.8. The van der Waals surface area contributed by atoms with Crippen molar-refractivity contribution in [1.82, 2.24) is 9.80 Å². The fraction of sp³-hybridized carbons (Fsp3) is 0.474. The summed E-state index contributed by atoms with van der Waals surface area (Å²) in [6.07, 6.45) is 1.94. The van der Waals surface area contributed by atoms with Crippen molar-refractivity contribution in [3.05, 3.63) is 72.1 Å². The van der Waals surface area contributed by atoms with Crippen LogP contribution in [0.1, 0.15) is 78.4 Å². The monoisotopic (exact) mass is 658 g/mol. The lowest BCUT2D eigenvalue weighted by atomic mass is 9.95. The standard InChI is InChI=1S/C38H44F2N4O4/c1-37(2,3)47-35(45)43-21-29(39)17-33(43)31-15-27(19-41-31)25-11-7-23(8-12-25)24-9-13-26(14-10-24)28-16-32(42-20-28)34-18-30(40)22-44(34)36(46)48-38(4,5)6/h7-14,19-20,29-30,33-34H,15-18,21-22H2,1-6H3/t29-,30?,33-,34-/m0/s1. The zero-order chi connectivity index (χ0) is 34.4. The minimum atomic E-state index is -1.11. The average molecular weight is 659 g/mol. The van der Waals surface area contributed by atoms with E-state index < -0.39 is 47.8 Å². The SMILES string of the molecule is CC(C)(C)OC(=O)N1CC(F)C[C@H]1C1=NC=C(c2ccc(-c3ccc(C4=CN=C([C@@H]5C[C@H](F)CN5C(=O)OC(C)(C)C)C4)cc3)cc2)C1. The summed E-state index contributed by atoms with van der Waals surface area (Å²) >= 11 is 0. The Labute approximate surface area is 281 Å². The van der Waals surface area contributed by atoms with Gasteiger partial charge in [-0.2, -0.15) is 0 Å². The Hall–Kier alpha value is -4.34. The molecule has 1 unspecified atom stereocenters. The first-order chi connectivity index (χ1) is 22.6. The molecule has 2 aromatic carbocycles. The molecule has 8 nitrogen and oxygen atoms in total. The largest absolute Gasteiger partial charge is 0.444 e. The minimum Gasteiger partial charge on any atom is -0.444 e. The van der Waals surface area contributed by atoms with Gasteiger partial charge in [0.1, 0.15) is 23.5 Å². The highest BCUT2D eigenvalue weighted by Crippen LogP contribution is 2.35. The van der Waals surface area contributed by atoms with E-state index in [1.165, 1.54) is 9.80 Å². The van der Waals surface area contributed by atoms with Crippen LogP contribution in [0.3, 0.4) is 0 Å². The van der Waals surface area contributed by atoms with Crippen molar-refractivity contribution in [2.24, 2.45) is 9.98 Å². The fourth-order valence-electron chi connectivity index (χ4n) is 6.65. The molecule has 48 heavy (non-hydrogen) atoms. The number of aliphatic imine (C=N–C) groups is 2. The third-order valence-corrected chi connectivity index (χ3v) is 8.89. The maximum absolute atomic E-state index is 14.4. The van der Waals surface area contributed by atoms with Gasteiger partial charge in [0.15, 0.2) is 0 Å². The molecular formula is C38H44F2N4O4. The Balaban J connectivity index is 1.05. The van der Waals surface area contributed by atoms with Crippen LogP contribution in [-0.2, 0) is 9.47 Å². The number of halogens is 2. The van der Waals surface area contributed by atoms with Crippen LogP contribution in [-0.4, -0.2) is 82.1 Å². The highest BCUT2D eigenvalue weighted by molar-refractivity contribution is 6.04. The minimum absolute atomic E-state index is 0.0136. The van der Waals surface area contributed by atoms with E-state index in [0.29, 0.717) is 12.8 Å². The number of carbonyl (C=O) groups is 2. The smallest absolute Gasteiger partial charge is 0.410 e. The molecule has 0 aromatic heterocycles. The third kappa shape index (κ3) is 7.53. The molecule has 0 aliphatic carbocycles. The van der Waals surface area contributed by atoms with E-state index in [1.807, 2.05) is 12.4 Å². The van der Waals surface area contributed by atoms with Crippen LogP contribution in [0, 0.1) is 0 Å². The molecule has 2 fully saturated rings. The van der Waals surface area contributed by atoms with E-state index in [4.69, 9.17) is 9.47 Å². The number of benzene rings is 2. The Morgan fingerprint density at radius 1 is 0.625 bits per heavy atom. The summed E-state index contributed by atoms with van der Waals surface area (Å²) < 4.78 is 39.9. The first-order valence-electron chi connectivity index (χ1n) is 16.6. The summed E-state index contributed by atoms with van der Waals surface area (Å²) in [6, 6.07) is 15.7. The second-order valence-corrected chi connectivity index (χ2v) is 15.0. The lowest BCUT2D eigenvalue weighted by Crippen LogP contribution is -2.43. The number of likely N-dealkylation sites (tertiary alicyclic amines) is 2. The quantitative estimate of drug-likeness (QED) is 0.323. The molecule has 2 amide bonds. The summed E-state index contributed by atoms with van der Waals surface area (Å²) in [7, 11) is 0. The van der Waals surface area contributed by atoms with Crippen molar-refractivity contribution in [3.8, 4) is 11.1 Å². The maximum Gasteiger partial charge on any atom is 0.410 e. The van der Waals surface area contributed by atoms with Gasteiger partial charge in [0.05, 0.1) is 25.2 Å². The Bertz CT molecular complexity index is 1560. The van der Waals surface area contributed by atoms with Crippen LogP contribution in [0.2, 0.25) is 0 Å². The molecule has 4 atom stereocenters. The summed E-state index contributed by atoms with van der Waals surface area (Å²) in [5, 5.41) is 0. The molecule has 0 spiro atoms. The number of hydrogen-bond acceptors (Lipinski definition) is 6. The van der Waals surface area contributed by atoms with Gasteiger partial charge in [-0.1, -0.05) is 48.5 Å². The van der Waals surface area contributed by atoms with E-state index in [-0.39, 0.29) is 25.9 Å².